The van der Waals surface area contributed by atoms with Gasteiger partial charge in [0.2, 0.25) is 0 Å². The summed E-state index contributed by atoms with van der Waals surface area (Å²) in [6.45, 7) is 9.56. The molecule has 210 valence electrons. The average molecular weight is 563 g/mol. The van der Waals surface area contributed by atoms with Crippen molar-refractivity contribution in [1.82, 2.24) is 0 Å². The van der Waals surface area contributed by atoms with E-state index in [-0.39, 0.29) is 10.8 Å². The van der Waals surface area contributed by atoms with Gasteiger partial charge in [-0.05, 0) is 107 Å². The third kappa shape index (κ3) is 3.40. The van der Waals surface area contributed by atoms with Gasteiger partial charge < -0.3 is 0 Å². The quantitative estimate of drug-likeness (QED) is 0.197. The highest BCUT2D eigenvalue weighted by molar-refractivity contribution is 6.11. The number of hydrogen-bond donors (Lipinski definition) is 0. The van der Waals surface area contributed by atoms with E-state index in [1.807, 2.05) is 0 Å². The van der Waals surface area contributed by atoms with Crippen molar-refractivity contribution in [1.29, 1.82) is 0 Å². The minimum atomic E-state index is -0.0769. The first-order chi connectivity index (χ1) is 21.3. The van der Waals surface area contributed by atoms with Crippen molar-refractivity contribution in [2.75, 3.05) is 0 Å². The first-order valence-electron chi connectivity index (χ1n) is 15.8. The Bertz CT molecular complexity index is 2310. The normalized spacial score (nSPS) is 15.2. The molecule has 0 aromatic heterocycles. The maximum Gasteiger partial charge on any atom is 0.0159 e. The molecule has 0 spiro atoms. The van der Waals surface area contributed by atoms with Crippen molar-refractivity contribution in [2.45, 2.75) is 38.5 Å². The molecule has 0 saturated heterocycles. The Morgan fingerprint density at radius 1 is 0.341 bits per heavy atom. The highest BCUT2D eigenvalue weighted by Crippen LogP contribution is 2.56. The van der Waals surface area contributed by atoms with Gasteiger partial charge in [0, 0.05) is 10.8 Å². The zero-order valence-corrected chi connectivity index (χ0v) is 25.7. The van der Waals surface area contributed by atoms with Gasteiger partial charge in [-0.25, -0.2) is 0 Å². The van der Waals surface area contributed by atoms with E-state index in [4.69, 9.17) is 0 Å². The van der Waals surface area contributed by atoms with Crippen LogP contribution >= 0.6 is 0 Å². The van der Waals surface area contributed by atoms with Crippen LogP contribution in [0, 0.1) is 0 Å². The van der Waals surface area contributed by atoms with E-state index in [2.05, 4.69) is 161 Å². The van der Waals surface area contributed by atoms with Gasteiger partial charge >= 0.3 is 0 Å². The smallest absolute Gasteiger partial charge is 0.0159 e. The van der Waals surface area contributed by atoms with Crippen molar-refractivity contribution < 1.29 is 0 Å². The highest BCUT2D eigenvalue weighted by Gasteiger charge is 2.40. The zero-order chi connectivity index (χ0) is 29.8. The number of rotatable bonds is 2. The molecule has 0 unspecified atom stereocenters. The maximum absolute atomic E-state index is 2.45. The predicted molar refractivity (Wildman–Crippen MR) is 187 cm³/mol. The van der Waals surface area contributed by atoms with Gasteiger partial charge in [-0.2, -0.15) is 0 Å². The van der Waals surface area contributed by atoms with Crippen LogP contribution in [0.15, 0.2) is 133 Å². The molecule has 0 bridgehead atoms. The van der Waals surface area contributed by atoms with Gasteiger partial charge in [0.1, 0.15) is 0 Å². The van der Waals surface area contributed by atoms with E-state index in [0.717, 1.165) is 0 Å². The molecule has 0 amide bonds. The summed E-state index contributed by atoms with van der Waals surface area (Å²) in [4.78, 5) is 0. The summed E-state index contributed by atoms with van der Waals surface area (Å²) < 4.78 is 0. The molecule has 0 radical (unpaired) electrons. The van der Waals surface area contributed by atoms with Crippen LogP contribution in [0.1, 0.15) is 49.9 Å². The summed E-state index contributed by atoms with van der Waals surface area (Å²) in [5, 5.41) is 5.29. The molecule has 9 rings (SSSR count). The second-order valence-electron chi connectivity index (χ2n) is 13.8. The van der Waals surface area contributed by atoms with Crippen LogP contribution in [0.25, 0.3) is 66.1 Å². The van der Waals surface area contributed by atoms with E-state index >= 15 is 0 Å². The fraction of sp³-hybridized carbons (Fsp3) is 0.136. The van der Waals surface area contributed by atoms with Crippen molar-refractivity contribution >= 4 is 21.5 Å². The summed E-state index contributed by atoms with van der Waals surface area (Å²) in [7, 11) is 0. The Balaban J connectivity index is 1.23. The van der Waals surface area contributed by atoms with E-state index in [0.29, 0.717) is 0 Å². The van der Waals surface area contributed by atoms with E-state index in [1.54, 1.807) is 0 Å². The lowest BCUT2D eigenvalue weighted by Crippen LogP contribution is -2.15. The summed E-state index contributed by atoms with van der Waals surface area (Å²) in [6, 6.07) is 50.1. The van der Waals surface area contributed by atoms with Crippen LogP contribution in [-0.2, 0) is 10.8 Å². The molecule has 2 aliphatic carbocycles. The molecular weight excluding hydrogens is 528 g/mol. The van der Waals surface area contributed by atoms with Crippen LogP contribution in [0.5, 0.6) is 0 Å². The Hall–Kier alpha value is -4.94. The second-order valence-corrected chi connectivity index (χ2v) is 13.8. The number of hydrogen-bond acceptors (Lipinski definition) is 0. The molecule has 0 heterocycles. The summed E-state index contributed by atoms with van der Waals surface area (Å²) in [6.07, 6.45) is 0. The molecule has 0 fully saturated rings. The predicted octanol–water partition coefficient (Wildman–Crippen LogP) is 11.9. The molecule has 0 N–H and O–H groups in total. The van der Waals surface area contributed by atoms with Gasteiger partial charge in [-0.15, -0.1) is 0 Å². The Kier molecular flexibility index (Phi) is 5.11. The summed E-state index contributed by atoms with van der Waals surface area (Å²) >= 11 is 0. The van der Waals surface area contributed by atoms with E-state index < -0.39 is 0 Å². The van der Waals surface area contributed by atoms with Crippen LogP contribution < -0.4 is 0 Å². The Morgan fingerprint density at radius 2 is 0.818 bits per heavy atom. The second kappa shape index (κ2) is 8.80. The van der Waals surface area contributed by atoms with Crippen LogP contribution in [0.4, 0.5) is 0 Å². The van der Waals surface area contributed by atoms with Gasteiger partial charge in [0.15, 0.2) is 0 Å². The van der Waals surface area contributed by atoms with Crippen molar-refractivity contribution in [3.63, 3.8) is 0 Å². The van der Waals surface area contributed by atoms with Crippen LogP contribution in [0.3, 0.4) is 0 Å². The molecule has 0 atom stereocenters. The van der Waals surface area contributed by atoms with Crippen LogP contribution in [0.2, 0.25) is 0 Å². The first kappa shape index (κ1) is 25.5. The number of fused-ring (bicyclic) bond motifs is 10. The molecule has 2 aliphatic rings. The minimum Gasteiger partial charge on any atom is -0.0622 e. The lowest BCUT2D eigenvalue weighted by Gasteiger charge is -2.23. The monoisotopic (exact) mass is 562 g/mol. The zero-order valence-electron chi connectivity index (χ0n) is 25.7. The summed E-state index contributed by atoms with van der Waals surface area (Å²) in [5.74, 6) is 0. The highest BCUT2D eigenvalue weighted by atomic mass is 14.4. The fourth-order valence-electron chi connectivity index (χ4n) is 8.24. The van der Waals surface area contributed by atoms with E-state index in [9.17, 15) is 0 Å². The van der Waals surface area contributed by atoms with E-state index in [1.165, 1.54) is 88.3 Å². The molecule has 0 aliphatic heterocycles. The first-order valence-corrected chi connectivity index (χ1v) is 15.8. The number of benzene rings is 7. The van der Waals surface area contributed by atoms with Crippen molar-refractivity contribution in [2.24, 2.45) is 0 Å². The van der Waals surface area contributed by atoms with Crippen molar-refractivity contribution in [3.8, 4) is 44.5 Å². The third-order valence-corrected chi connectivity index (χ3v) is 10.7. The van der Waals surface area contributed by atoms with Gasteiger partial charge in [-0.1, -0.05) is 143 Å². The van der Waals surface area contributed by atoms with Gasteiger partial charge in [0.05, 0.1) is 0 Å². The lowest BCUT2D eigenvalue weighted by molar-refractivity contribution is 0.660. The Labute approximate surface area is 259 Å². The molecule has 44 heavy (non-hydrogen) atoms. The average Bonchev–Trinajstić information content (AvgIpc) is 3.44. The maximum atomic E-state index is 2.45. The molecule has 0 saturated carbocycles. The van der Waals surface area contributed by atoms with Gasteiger partial charge in [0.25, 0.3) is 0 Å². The molecule has 0 nitrogen and oxygen atoms in total. The SMILES string of the molecule is CC1(C)c2cc(-c3ccccc3)ccc2-c2c1ccc1c3c(ccc21)C(C)(C)c1cc(-c2ccc4ccccc4c2)ccc1-3. The van der Waals surface area contributed by atoms with Crippen LogP contribution in [-0.4, -0.2) is 0 Å². The van der Waals surface area contributed by atoms with Gasteiger partial charge in [-0.3, -0.25) is 0 Å². The minimum absolute atomic E-state index is 0.0609. The topological polar surface area (TPSA) is 0 Å². The largest absolute Gasteiger partial charge is 0.0622 e. The Morgan fingerprint density at radius 3 is 1.41 bits per heavy atom. The summed E-state index contributed by atoms with van der Waals surface area (Å²) in [5.41, 5.74) is 16.2. The molecule has 0 heteroatoms. The standard InChI is InChI=1S/C44H34/c1-43(2)37-22-20-34-33(41(37)35-18-16-31(25-39(35)43)27-10-6-5-7-11-27)21-23-38-42(34)36-19-17-32(26-40(36)44(38,3)4)30-15-14-28-12-8-9-13-29(28)24-30/h5-26H,1-4H3. The van der Waals surface area contributed by atoms with Crippen molar-refractivity contribution in [3.05, 3.63) is 156 Å². The fourth-order valence-corrected chi connectivity index (χ4v) is 8.24. The molecule has 7 aromatic rings. The lowest BCUT2D eigenvalue weighted by atomic mass is 9.80. The molecule has 7 aromatic carbocycles. The third-order valence-electron chi connectivity index (χ3n) is 10.7. The molecular formula is C44H34.